The second kappa shape index (κ2) is 7.57. The molecule has 1 saturated carbocycles. The Morgan fingerprint density at radius 1 is 1.08 bits per heavy atom. The van der Waals surface area contributed by atoms with Crippen LogP contribution in [0.3, 0.4) is 0 Å². The standard InChI is InChI=1S/C20H33NO2S/c1-6-20(4,5)17-9-11-18(12-10-17)21-24(22,23)19-13-7-16(8-14-19)15(2)3/h7-8,13-15,17-18,21H,6,9-12H2,1-5H3. The van der Waals surface area contributed by atoms with Gasteiger partial charge in [-0.15, -0.1) is 0 Å². The molecule has 1 aliphatic carbocycles. The first-order valence-corrected chi connectivity index (χ1v) is 10.8. The van der Waals surface area contributed by atoms with Crippen LogP contribution < -0.4 is 4.72 Å². The van der Waals surface area contributed by atoms with Crippen LogP contribution in [0, 0.1) is 11.3 Å². The van der Waals surface area contributed by atoms with Crippen LogP contribution in [-0.2, 0) is 10.0 Å². The Labute approximate surface area is 148 Å². The zero-order valence-corrected chi connectivity index (χ0v) is 16.6. The molecule has 0 atom stereocenters. The summed E-state index contributed by atoms with van der Waals surface area (Å²) in [5, 5.41) is 0. The van der Waals surface area contributed by atoms with Crippen molar-refractivity contribution in [2.75, 3.05) is 0 Å². The Bertz CT molecular complexity index is 624. The first-order valence-electron chi connectivity index (χ1n) is 9.28. The summed E-state index contributed by atoms with van der Waals surface area (Å²) < 4.78 is 28.1. The van der Waals surface area contributed by atoms with E-state index >= 15 is 0 Å². The summed E-state index contributed by atoms with van der Waals surface area (Å²) in [5.41, 5.74) is 1.52. The third-order valence-electron chi connectivity index (χ3n) is 5.92. The molecular formula is C20H33NO2S. The highest BCUT2D eigenvalue weighted by atomic mass is 32.2. The molecule has 0 heterocycles. The van der Waals surface area contributed by atoms with Gasteiger partial charge in [-0.1, -0.05) is 53.2 Å². The summed E-state index contributed by atoms with van der Waals surface area (Å²) in [6.07, 6.45) is 5.28. The van der Waals surface area contributed by atoms with E-state index in [0.717, 1.165) is 31.2 Å². The molecule has 1 aliphatic rings. The SMILES string of the molecule is CCC(C)(C)C1CCC(NS(=O)(=O)c2ccc(C(C)C)cc2)CC1. The number of hydrogen-bond acceptors (Lipinski definition) is 2. The molecule has 0 bridgehead atoms. The zero-order chi connectivity index (χ0) is 18.0. The average Bonchev–Trinajstić information content (AvgIpc) is 2.55. The first kappa shape index (κ1) is 19.5. The first-order chi connectivity index (χ1) is 11.2. The van der Waals surface area contributed by atoms with Crippen molar-refractivity contribution in [2.45, 2.75) is 83.6 Å². The molecule has 1 fully saturated rings. The van der Waals surface area contributed by atoms with Gasteiger partial charge in [0.15, 0.2) is 0 Å². The molecule has 4 heteroatoms. The summed E-state index contributed by atoms with van der Waals surface area (Å²) in [5.74, 6) is 1.11. The lowest BCUT2D eigenvalue weighted by Crippen LogP contribution is -2.39. The van der Waals surface area contributed by atoms with Crippen LogP contribution in [0.1, 0.15) is 78.2 Å². The maximum Gasteiger partial charge on any atom is 0.240 e. The van der Waals surface area contributed by atoms with Crippen molar-refractivity contribution in [1.29, 1.82) is 0 Å². The Balaban J connectivity index is 1.98. The van der Waals surface area contributed by atoms with Crippen molar-refractivity contribution in [3.05, 3.63) is 29.8 Å². The summed E-state index contributed by atoms with van der Waals surface area (Å²) in [6, 6.07) is 7.36. The highest BCUT2D eigenvalue weighted by molar-refractivity contribution is 7.89. The van der Waals surface area contributed by atoms with E-state index in [9.17, 15) is 8.42 Å². The molecule has 0 amide bonds. The molecule has 3 nitrogen and oxygen atoms in total. The minimum atomic E-state index is -3.41. The third kappa shape index (κ3) is 4.60. The van der Waals surface area contributed by atoms with Crippen molar-refractivity contribution >= 4 is 10.0 Å². The fourth-order valence-electron chi connectivity index (χ4n) is 3.60. The molecule has 136 valence electrons. The van der Waals surface area contributed by atoms with E-state index < -0.39 is 10.0 Å². The van der Waals surface area contributed by atoms with Gasteiger partial charge in [0, 0.05) is 6.04 Å². The molecule has 24 heavy (non-hydrogen) atoms. The Kier molecular flexibility index (Phi) is 6.14. The summed E-state index contributed by atoms with van der Waals surface area (Å²) >= 11 is 0. The molecule has 0 aliphatic heterocycles. The monoisotopic (exact) mass is 351 g/mol. The van der Waals surface area contributed by atoms with E-state index in [2.05, 4.69) is 39.3 Å². The minimum Gasteiger partial charge on any atom is -0.208 e. The summed E-state index contributed by atoms with van der Waals surface area (Å²) in [4.78, 5) is 0.378. The molecule has 0 saturated heterocycles. The van der Waals surface area contributed by atoms with Gasteiger partial charge in [-0.25, -0.2) is 13.1 Å². The molecule has 1 aromatic carbocycles. The van der Waals surface area contributed by atoms with Crippen LogP contribution in [-0.4, -0.2) is 14.5 Å². The minimum absolute atomic E-state index is 0.0729. The fraction of sp³-hybridized carbons (Fsp3) is 0.700. The van der Waals surface area contributed by atoms with Crippen LogP contribution in [0.25, 0.3) is 0 Å². The van der Waals surface area contributed by atoms with Gasteiger partial charge < -0.3 is 0 Å². The number of sulfonamides is 1. The predicted molar refractivity (Wildman–Crippen MR) is 101 cm³/mol. The van der Waals surface area contributed by atoms with Gasteiger partial charge >= 0.3 is 0 Å². The van der Waals surface area contributed by atoms with Crippen LogP contribution in [0.15, 0.2) is 29.2 Å². The van der Waals surface area contributed by atoms with Gasteiger partial charge in [0.05, 0.1) is 4.90 Å². The van der Waals surface area contributed by atoms with Gasteiger partial charge in [0.2, 0.25) is 10.0 Å². The lowest BCUT2D eigenvalue weighted by molar-refractivity contribution is 0.142. The van der Waals surface area contributed by atoms with Gasteiger partial charge in [0.1, 0.15) is 0 Å². The van der Waals surface area contributed by atoms with E-state index in [4.69, 9.17) is 0 Å². The quantitative estimate of drug-likeness (QED) is 0.776. The van der Waals surface area contributed by atoms with E-state index in [-0.39, 0.29) is 6.04 Å². The van der Waals surface area contributed by atoms with Crippen LogP contribution in [0.5, 0.6) is 0 Å². The van der Waals surface area contributed by atoms with Crippen LogP contribution in [0.2, 0.25) is 0 Å². The second-order valence-corrected chi connectivity index (χ2v) is 9.95. The van der Waals surface area contributed by atoms with E-state index in [1.165, 1.54) is 6.42 Å². The molecular weight excluding hydrogens is 318 g/mol. The Morgan fingerprint density at radius 2 is 1.62 bits per heavy atom. The normalized spacial score (nSPS) is 22.8. The molecule has 0 spiro atoms. The number of rotatable bonds is 6. The van der Waals surface area contributed by atoms with Crippen molar-refractivity contribution in [1.82, 2.24) is 4.72 Å². The number of nitrogens with one attached hydrogen (secondary N) is 1. The molecule has 1 N–H and O–H groups in total. The topological polar surface area (TPSA) is 46.2 Å². The summed E-state index contributed by atoms with van der Waals surface area (Å²) in [6.45, 7) is 11.1. The van der Waals surface area contributed by atoms with Crippen molar-refractivity contribution in [2.24, 2.45) is 11.3 Å². The smallest absolute Gasteiger partial charge is 0.208 e. The number of benzene rings is 1. The van der Waals surface area contributed by atoms with Crippen molar-refractivity contribution in [3.8, 4) is 0 Å². The zero-order valence-electron chi connectivity index (χ0n) is 15.8. The van der Waals surface area contributed by atoms with Gasteiger partial charge in [0.25, 0.3) is 0 Å². The summed E-state index contributed by atoms with van der Waals surface area (Å²) in [7, 11) is -3.41. The van der Waals surface area contributed by atoms with Crippen molar-refractivity contribution < 1.29 is 8.42 Å². The molecule has 0 radical (unpaired) electrons. The van der Waals surface area contributed by atoms with E-state index in [1.54, 1.807) is 12.1 Å². The van der Waals surface area contributed by atoms with E-state index in [0.29, 0.717) is 22.1 Å². The Morgan fingerprint density at radius 3 is 2.08 bits per heavy atom. The molecule has 0 unspecified atom stereocenters. The Hall–Kier alpha value is -0.870. The average molecular weight is 352 g/mol. The molecule has 2 rings (SSSR count). The fourth-order valence-corrected chi connectivity index (χ4v) is 4.91. The van der Waals surface area contributed by atoms with Crippen LogP contribution >= 0.6 is 0 Å². The maximum absolute atomic E-state index is 12.6. The highest BCUT2D eigenvalue weighted by Crippen LogP contribution is 2.40. The van der Waals surface area contributed by atoms with Crippen molar-refractivity contribution in [3.63, 3.8) is 0 Å². The number of hydrogen-bond donors (Lipinski definition) is 1. The molecule has 0 aromatic heterocycles. The van der Waals surface area contributed by atoms with Gasteiger partial charge in [-0.3, -0.25) is 0 Å². The predicted octanol–water partition coefficient (Wildman–Crippen LogP) is 5.08. The van der Waals surface area contributed by atoms with Gasteiger partial charge in [-0.2, -0.15) is 0 Å². The van der Waals surface area contributed by atoms with Crippen LogP contribution in [0.4, 0.5) is 0 Å². The van der Waals surface area contributed by atoms with E-state index in [1.807, 2.05) is 12.1 Å². The maximum atomic E-state index is 12.6. The third-order valence-corrected chi connectivity index (χ3v) is 7.46. The van der Waals surface area contributed by atoms with Gasteiger partial charge in [-0.05, 0) is 60.6 Å². The lowest BCUT2D eigenvalue weighted by Gasteiger charge is -2.39. The highest BCUT2D eigenvalue weighted by Gasteiger charge is 2.33. The molecule has 1 aromatic rings. The largest absolute Gasteiger partial charge is 0.240 e. The second-order valence-electron chi connectivity index (χ2n) is 8.24. The lowest BCUT2D eigenvalue weighted by atomic mass is 9.69.